The number of rotatable bonds is 6. The molecule has 1 aromatic rings. The van der Waals surface area contributed by atoms with Crippen molar-refractivity contribution in [2.75, 3.05) is 6.61 Å². The van der Waals surface area contributed by atoms with Gasteiger partial charge < -0.3 is 10.5 Å². The highest BCUT2D eigenvalue weighted by Crippen LogP contribution is 2.33. The lowest BCUT2D eigenvalue weighted by Gasteiger charge is -2.16. The summed E-state index contributed by atoms with van der Waals surface area (Å²) in [5.74, 6) is 0.548. The van der Waals surface area contributed by atoms with Gasteiger partial charge in [-0.2, -0.15) is 0 Å². The number of ether oxygens (including phenoxy) is 1. The van der Waals surface area contributed by atoms with Gasteiger partial charge in [0.25, 0.3) is 0 Å². The van der Waals surface area contributed by atoms with Crippen molar-refractivity contribution in [1.82, 2.24) is 0 Å². The van der Waals surface area contributed by atoms with Crippen LogP contribution in [0.1, 0.15) is 18.9 Å². The highest BCUT2D eigenvalue weighted by atomic mass is 35.5. The fourth-order valence-corrected chi connectivity index (χ4v) is 2.23. The third kappa shape index (κ3) is 5.41. The molecule has 0 radical (unpaired) electrons. The lowest BCUT2D eigenvalue weighted by Crippen LogP contribution is -2.22. The molecule has 19 heavy (non-hydrogen) atoms. The average molecular weight is 343 g/mol. The maximum atomic E-state index is 6.14. The van der Waals surface area contributed by atoms with Gasteiger partial charge in [0.2, 0.25) is 0 Å². The highest BCUT2D eigenvalue weighted by molar-refractivity contribution is 6.37. The molecule has 0 aliphatic heterocycles. The van der Waals surface area contributed by atoms with E-state index in [2.05, 4.69) is 0 Å². The minimum Gasteiger partial charge on any atom is -0.486 e. The molecular formula is C13H15Cl4NO. The summed E-state index contributed by atoms with van der Waals surface area (Å²) in [6, 6.07) is 3.45. The summed E-state index contributed by atoms with van der Waals surface area (Å²) in [6.45, 7) is 2.17. The van der Waals surface area contributed by atoms with E-state index in [1.807, 2.05) is 6.92 Å². The van der Waals surface area contributed by atoms with E-state index in [0.29, 0.717) is 27.2 Å². The second-order valence-corrected chi connectivity index (χ2v) is 5.64. The molecule has 0 fully saturated rings. The van der Waals surface area contributed by atoms with Crippen LogP contribution in [-0.2, 0) is 6.42 Å². The monoisotopic (exact) mass is 341 g/mol. The Balaban J connectivity index is 2.99. The molecule has 0 aromatic heterocycles. The topological polar surface area (TPSA) is 35.2 Å². The smallest absolute Gasteiger partial charge is 0.141 e. The van der Waals surface area contributed by atoms with E-state index in [1.165, 1.54) is 5.54 Å². The predicted octanol–water partition coefficient (Wildman–Crippen LogP) is 4.97. The molecule has 1 aromatic carbocycles. The standard InChI is InChI=1S/C13H15Cl4NO/c1-2-11(18)4-8-3-9(15)5-12(17)13(8)19-7-10(16)6-14/h3,5-6,11H,2,4,7,18H2,1H3. The molecule has 1 atom stereocenters. The summed E-state index contributed by atoms with van der Waals surface area (Å²) >= 11 is 23.4. The lowest BCUT2D eigenvalue weighted by molar-refractivity contribution is 0.354. The lowest BCUT2D eigenvalue weighted by atomic mass is 10.0. The zero-order valence-electron chi connectivity index (χ0n) is 10.4. The van der Waals surface area contributed by atoms with E-state index >= 15 is 0 Å². The Morgan fingerprint density at radius 3 is 2.68 bits per heavy atom. The minimum atomic E-state index is 0.0240. The molecule has 2 N–H and O–H groups in total. The van der Waals surface area contributed by atoms with E-state index in [-0.39, 0.29) is 12.6 Å². The first-order valence-corrected chi connectivity index (χ1v) is 7.36. The fraction of sp³-hybridized carbons (Fsp3) is 0.385. The second-order valence-electron chi connectivity index (χ2n) is 4.09. The van der Waals surface area contributed by atoms with Crippen molar-refractivity contribution in [3.8, 4) is 5.75 Å². The van der Waals surface area contributed by atoms with Crippen LogP contribution in [0.4, 0.5) is 0 Å². The Morgan fingerprint density at radius 2 is 2.11 bits per heavy atom. The molecule has 0 aliphatic carbocycles. The average Bonchev–Trinajstić information content (AvgIpc) is 2.36. The maximum absolute atomic E-state index is 6.14. The van der Waals surface area contributed by atoms with E-state index < -0.39 is 0 Å². The number of benzene rings is 1. The first kappa shape index (κ1) is 16.9. The Morgan fingerprint density at radius 1 is 1.42 bits per heavy atom. The molecule has 0 heterocycles. The van der Waals surface area contributed by atoms with Gasteiger partial charge in [0, 0.05) is 16.6 Å². The van der Waals surface area contributed by atoms with Crippen LogP contribution in [0, 0.1) is 0 Å². The van der Waals surface area contributed by atoms with Gasteiger partial charge in [-0.25, -0.2) is 0 Å². The van der Waals surface area contributed by atoms with Crippen molar-refractivity contribution in [1.29, 1.82) is 0 Å². The van der Waals surface area contributed by atoms with Crippen LogP contribution < -0.4 is 10.5 Å². The van der Waals surface area contributed by atoms with Gasteiger partial charge in [-0.15, -0.1) is 0 Å². The zero-order valence-corrected chi connectivity index (χ0v) is 13.5. The maximum Gasteiger partial charge on any atom is 0.141 e. The Labute approximate surface area is 133 Å². The van der Waals surface area contributed by atoms with Crippen LogP contribution in [0.2, 0.25) is 10.0 Å². The van der Waals surface area contributed by atoms with Crippen LogP contribution >= 0.6 is 46.4 Å². The number of nitrogens with two attached hydrogens (primary N) is 1. The summed E-state index contributed by atoms with van der Waals surface area (Å²) in [7, 11) is 0. The second kappa shape index (κ2) is 8.23. The molecule has 0 saturated heterocycles. The zero-order chi connectivity index (χ0) is 14.4. The first-order chi connectivity index (χ1) is 8.97. The normalized spacial score (nSPS) is 13.5. The van der Waals surface area contributed by atoms with E-state index in [1.54, 1.807) is 12.1 Å². The summed E-state index contributed by atoms with van der Waals surface area (Å²) < 4.78 is 5.59. The fourth-order valence-electron chi connectivity index (χ4n) is 1.53. The van der Waals surface area contributed by atoms with Crippen molar-refractivity contribution in [3.05, 3.63) is 38.3 Å². The highest BCUT2D eigenvalue weighted by Gasteiger charge is 2.13. The molecule has 1 rings (SSSR count). The van der Waals surface area contributed by atoms with Gasteiger partial charge in [-0.3, -0.25) is 0 Å². The van der Waals surface area contributed by atoms with Crippen molar-refractivity contribution in [2.24, 2.45) is 5.73 Å². The predicted molar refractivity (Wildman–Crippen MR) is 83.7 cm³/mol. The molecule has 0 aliphatic rings. The van der Waals surface area contributed by atoms with E-state index in [0.717, 1.165) is 12.0 Å². The molecule has 6 heteroatoms. The van der Waals surface area contributed by atoms with Crippen LogP contribution in [0.3, 0.4) is 0 Å². The van der Waals surface area contributed by atoms with Gasteiger partial charge in [-0.05, 0) is 30.5 Å². The largest absolute Gasteiger partial charge is 0.486 e. The van der Waals surface area contributed by atoms with Crippen molar-refractivity contribution < 1.29 is 4.74 Å². The SMILES string of the molecule is CCC(N)Cc1cc(Cl)cc(Cl)c1OCC(Cl)=CCl. The van der Waals surface area contributed by atoms with Crippen molar-refractivity contribution in [3.63, 3.8) is 0 Å². The molecular weight excluding hydrogens is 328 g/mol. The third-order valence-electron chi connectivity index (χ3n) is 2.56. The van der Waals surface area contributed by atoms with Crippen LogP contribution in [0.5, 0.6) is 5.75 Å². The Hall–Kier alpha value is -0.120. The number of halogens is 4. The first-order valence-electron chi connectivity index (χ1n) is 5.79. The van der Waals surface area contributed by atoms with Gasteiger partial charge in [-0.1, -0.05) is 53.3 Å². The molecule has 0 saturated carbocycles. The van der Waals surface area contributed by atoms with Gasteiger partial charge in [0.05, 0.1) is 10.1 Å². The quantitative estimate of drug-likeness (QED) is 0.791. The molecule has 0 bridgehead atoms. The van der Waals surface area contributed by atoms with Crippen LogP contribution in [0.25, 0.3) is 0 Å². The molecule has 0 spiro atoms. The van der Waals surface area contributed by atoms with Gasteiger partial charge in [0.15, 0.2) is 0 Å². The summed E-state index contributed by atoms with van der Waals surface area (Å²) in [6.07, 6.45) is 1.49. The summed E-state index contributed by atoms with van der Waals surface area (Å²) in [5, 5.41) is 1.37. The molecule has 1 unspecified atom stereocenters. The van der Waals surface area contributed by atoms with Crippen LogP contribution in [0.15, 0.2) is 22.7 Å². The molecule has 106 valence electrons. The number of hydrogen-bond donors (Lipinski definition) is 1. The van der Waals surface area contributed by atoms with Crippen LogP contribution in [-0.4, -0.2) is 12.6 Å². The van der Waals surface area contributed by atoms with Crippen molar-refractivity contribution in [2.45, 2.75) is 25.8 Å². The molecule has 0 amide bonds. The summed E-state index contributed by atoms with van der Waals surface area (Å²) in [4.78, 5) is 0. The van der Waals surface area contributed by atoms with E-state index in [9.17, 15) is 0 Å². The van der Waals surface area contributed by atoms with E-state index in [4.69, 9.17) is 56.9 Å². The molecule has 2 nitrogen and oxygen atoms in total. The third-order valence-corrected chi connectivity index (χ3v) is 3.66. The van der Waals surface area contributed by atoms with Gasteiger partial charge in [0.1, 0.15) is 12.4 Å². The Bertz CT molecular complexity index is 462. The Kier molecular flexibility index (Phi) is 7.33. The minimum absolute atomic E-state index is 0.0240. The summed E-state index contributed by atoms with van der Waals surface area (Å²) in [5.41, 5.74) is 8.08. The van der Waals surface area contributed by atoms with Crippen molar-refractivity contribution >= 4 is 46.4 Å². The number of hydrogen-bond acceptors (Lipinski definition) is 2. The van der Waals surface area contributed by atoms with Gasteiger partial charge >= 0.3 is 0 Å².